The van der Waals surface area contributed by atoms with Gasteiger partial charge in [0.15, 0.2) is 0 Å². The van der Waals surface area contributed by atoms with Gasteiger partial charge in [-0.25, -0.2) is 0 Å². The van der Waals surface area contributed by atoms with Gasteiger partial charge in [0.05, 0.1) is 17.1 Å². The fraction of sp³-hybridized carbons (Fsp3) is 0.308. The Labute approximate surface area is 106 Å². The standard InChI is InChI=1S/C13H17N3O2/c1-8-13(9(2)16(3)15-8)14-7-10-4-5-11(17)6-12(10)18/h4-6,14,17-18H,7H2,1-3H3. The summed E-state index contributed by atoms with van der Waals surface area (Å²) < 4.78 is 1.81. The minimum absolute atomic E-state index is 0.0602. The molecule has 0 bridgehead atoms. The number of hydrogen-bond acceptors (Lipinski definition) is 4. The second-order valence-electron chi connectivity index (χ2n) is 4.34. The molecule has 96 valence electrons. The normalized spacial score (nSPS) is 10.6. The van der Waals surface area contributed by atoms with Crippen LogP contribution < -0.4 is 5.32 Å². The third-order valence-corrected chi connectivity index (χ3v) is 3.03. The van der Waals surface area contributed by atoms with Crippen LogP contribution in [0.15, 0.2) is 18.2 Å². The Morgan fingerprint density at radius 3 is 2.56 bits per heavy atom. The Hall–Kier alpha value is -2.17. The van der Waals surface area contributed by atoms with Gasteiger partial charge in [-0.2, -0.15) is 5.10 Å². The molecule has 1 aromatic carbocycles. The Morgan fingerprint density at radius 2 is 2.00 bits per heavy atom. The van der Waals surface area contributed by atoms with Crippen LogP contribution in [0.3, 0.4) is 0 Å². The predicted octanol–water partition coefficient (Wildman–Crippen LogP) is 2.06. The highest BCUT2D eigenvalue weighted by atomic mass is 16.3. The highest BCUT2D eigenvalue weighted by Crippen LogP contribution is 2.25. The second-order valence-corrected chi connectivity index (χ2v) is 4.34. The van der Waals surface area contributed by atoms with Crippen molar-refractivity contribution in [3.63, 3.8) is 0 Å². The number of nitrogens with one attached hydrogen (secondary N) is 1. The van der Waals surface area contributed by atoms with Crippen LogP contribution in [-0.2, 0) is 13.6 Å². The highest BCUT2D eigenvalue weighted by molar-refractivity contribution is 5.53. The number of hydrogen-bond donors (Lipinski definition) is 3. The zero-order valence-corrected chi connectivity index (χ0v) is 10.7. The third-order valence-electron chi connectivity index (χ3n) is 3.03. The van der Waals surface area contributed by atoms with Crippen molar-refractivity contribution in [3.8, 4) is 11.5 Å². The number of phenolic OH excluding ortho intramolecular Hbond substituents is 2. The molecule has 0 radical (unpaired) electrons. The van der Waals surface area contributed by atoms with Crippen molar-refractivity contribution >= 4 is 5.69 Å². The Bertz CT molecular complexity index is 576. The maximum Gasteiger partial charge on any atom is 0.124 e. The lowest BCUT2D eigenvalue weighted by Gasteiger charge is -2.08. The molecule has 0 aliphatic rings. The number of anilines is 1. The maximum atomic E-state index is 9.69. The van der Waals surface area contributed by atoms with Gasteiger partial charge in [-0.05, 0) is 26.0 Å². The van der Waals surface area contributed by atoms with Crippen LogP contribution in [0, 0.1) is 13.8 Å². The van der Waals surface area contributed by atoms with E-state index in [1.165, 1.54) is 6.07 Å². The van der Waals surface area contributed by atoms with Crippen molar-refractivity contribution in [3.05, 3.63) is 35.2 Å². The summed E-state index contributed by atoms with van der Waals surface area (Å²) in [6.45, 7) is 4.41. The summed E-state index contributed by atoms with van der Waals surface area (Å²) in [7, 11) is 1.89. The third kappa shape index (κ3) is 2.25. The van der Waals surface area contributed by atoms with E-state index in [1.54, 1.807) is 12.1 Å². The summed E-state index contributed by atoms with van der Waals surface area (Å²) in [4.78, 5) is 0. The van der Waals surface area contributed by atoms with E-state index in [0.29, 0.717) is 6.54 Å². The molecule has 0 atom stereocenters. The lowest BCUT2D eigenvalue weighted by Crippen LogP contribution is -2.02. The number of aromatic nitrogens is 2. The summed E-state index contributed by atoms with van der Waals surface area (Å²) in [5.74, 6) is 0.145. The second kappa shape index (κ2) is 4.60. The van der Waals surface area contributed by atoms with Crippen LogP contribution in [0.5, 0.6) is 11.5 Å². The number of rotatable bonds is 3. The van der Waals surface area contributed by atoms with Gasteiger partial charge in [-0.1, -0.05) is 0 Å². The van der Waals surface area contributed by atoms with Crippen LogP contribution in [0.4, 0.5) is 5.69 Å². The average molecular weight is 247 g/mol. The summed E-state index contributed by atoms with van der Waals surface area (Å²) in [6.07, 6.45) is 0. The number of aromatic hydroxyl groups is 2. The van der Waals surface area contributed by atoms with E-state index < -0.39 is 0 Å². The van der Waals surface area contributed by atoms with Gasteiger partial charge in [-0.3, -0.25) is 4.68 Å². The molecule has 0 fully saturated rings. The fourth-order valence-corrected chi connectivity index (χ4v) is 1.91. The van der Waals surface area contributed by atoms with Crippen molar-refractivity contribution in [1.29, 1.82) is 0 Å². The first-order chi connectivity index (χ1) is 8.49. The minimum Gasteiger partial charge on any atom is -0.508 e. The number of phenols is 2. The molecule has 3 N–H and O–H groups in total. The van der Waals surface area contributed by atoms with Gasteiger partial charge in [0.1, 0.15) is 11.5 Å². The summed E-state index contributed by atoms with van der Waals surface area (Å²) >= 11 is 0. The van der Waals surface area contributed by atoms with Crippen molar-refractivity contribution in [2.75, 3.05) is 5.32 Å². The molecule has 0 saturated heterocycles. The Balaban J connectivity index is 2.16. The summed E-state index contributed by atoms with van der Waals surface area (Å²) in [5, 5.41) is 26.5. The van der Waals surface area contributed by atoms with Gasteiger partial charge < -0.3 is 15.5 Å². The maximum absolute atomic E-state index is 9.69. The van der Waals surface area contributed by atoms with E-state index in [1.807, 2.05) is 25.6 Å². The molecular weight excluding hydrogens is 230 g/mol. The molecule has 2 rings (SSSR count). The lowest BCUT2D eigenvalue weighted by molar-refractivity contribution is 0.446. The Kier molecular flexibility index (Phi) is 3.14. The molecule has 0 saturated carbocycles. The highest BCUT2D eigenvalue weighted by Gasteiger charge is 2.09. The van der Waals surface area contributed by atoms with E-state index >= 15 is 0 Å². The van der Waals surface area contributed by atoms with E-state index in [9.17, 15) is 10.2 Å². The summed E-state index contributed by atoms with van der Waals surface area (Å²) in [5.41, 5.74) is 3.68. The molecular formula is C13H17N3O2. The monoisotopic (exact) mass is 247 g/mol. The predicted molar refractivity (Wildman–Crippen MR) is 69.8 cm³/mol. The average Bonchev–Trinajstić information content (AvgIpc) is 2.53. The molecule has 18 heavy (non-hydrogen) atoms. The van der Waals surface area contributed by atoms with Gasteiger partial charge in [0.25, 0.3) is 0 Å². The zero-order valence-electron chi connectivity index (χ0n) is 10.7. The van der Waals surface area contributed by atoms with Crippen LogP contribution in [0.25, 0.3) is 0 Å². The quantitative estimate of drug-likeness (QED) is 0.776. The lowest BCUT2D eigenvalue weighted by atomic mass is 10.2. The molecule has 5 nitrogen and oxygen atoms in total. The number of aryl methyl sites for hydroxylation is 2. The topological polar surface area (TPSA) is 70.3 Å². The smallest absolute Gasteiger partial charge is 0.124 e. The molecule has 1 heterocycles. The van der Waals surface area contributed by atoms with E-state index in [0.717, 1.165) is 22.6 Å². The Morgan fingerprint density at radius 1 is 1.28 bits per heavy atom. The minimum atomic E-state index is 0.0602. The van der Waals surface area contributed by atoms with Gasteiger partial charge in [0, 0.05) is 25.2 Å². The molecule has 0 amide bonds. The van der Waals surface area contributed by atoms with Crippen molar-refractivity contribution < 1.29 is 10.2 Å². The molecule has 5 heteroatoms. The largest absolute Gasteiger partial charge is 0.508 e. The van der Waals surface area contributed by atoms with Gasteiger partial charge in [-0.15, -0.1) is 0 Å². The SMILES string of the molecule is Cc1nn(C)c(C)c1NCc1ccc(O)cc1O. The van der Waals surface area contributed by atoms with Crippen molar-refractivity contribution in [2.24, 2.45) is 7.05 Å². The molecule has 0 aliphatic carbocycles. The van der Waals surface area contributed by atoms with Crippen LogP contribution >= 0.6 is 0 Å². The first-order valence-electron chi connectivity index (χ1n) is 5.74. The zero-order chi connectivity index (χ0) is 13.3. The first kappa shape index (κ1) is 12.3. The summed E-state index contributed by atoms with van der Waals surface area (Å²) in [6, 6.07) is 4.58. The fourth-order valence-electron chi connectivity index (χ4n) is 1.91. The molecule has 0 aliphatic heterocycles. The molecule has 0 unspecified atom stereocenters. The molecule has 1 aromatic heterocycles. The van der Waals surface area contributed by atoms with E-state index in [2.05, 4.69) is 10.4 Å². The number of nitrogens with zero attached hydrogens (tertiary/aromatic N) is 2. The van der Waals surface area contributed by atoms with Gasteiger partial charge >= 0.3 is 0 Å². The first-order valence-corrected chi connectivity index (χ1v) is 5.74. The van der Waals surface area contributed by atoms with Gasteiger partial charge in [0.2, 0.25) is 0 Å². The number of benzene rings is 1. The molecule has 2 aromatic rings. The van der Waals surface area contributed by atoms with E-state index in [-0.39, 0.29) is 11.5 Å². The van der Waals surface area contributed by atoms with Crippen LogP contribution in [-0.4, -0.2) is 20.0 Å². The van der Waals surface area contributed by atoms with Crippen molar-refractivity contribution in [1.82, 2.24) is 9.78 Å². The molecule has 0 spiro atoms. The van der Waals surface area contributed by atoms with E-state index in [4.69, 9.17) is 0 Å². The van der Waals surface area contributed by atoms with Crippen LogP contribution in [0.1, 0.15) is 17.0 Å². The van der Waals surface area contributed by atoms with Crippen molar-refractivity contribution in [2.45, 2.75) is 20.4 Å². The van der Waals surface area contributed by atoms with Crippen LogP contribution in [0.2, 0.25) is 0 Å².